The van der Waals surface area contributed by atoms with Crippen LogP contribution in [0.3, 0.4) is 0 Å². The van der Waals surface area contributed by atoms with Gasteiger partial charge in [0.05, 0.1) is 24.8 Å². The van der Waals surface area contributed by atoms with Gasteiger partial charge in [-0.05, 0) is 43.5 Å². The molecule has 0 amide bonds. The maximum atomic E-state index is 6.86. The van der Waals surface area contributed by atoms with E-state index in [1.165, 1.54) is 37.1 Å². The maximum absolute atomic E-state index is 6.86. The number of hydrogen-bond acceptors (Lipinski definition) is 4. The number of hydrogen-bond donors (Lipinski definition) is 0. The van der Waals surface area contributed by atoms with E-state index in [1.807, 2.05) is 64.3 Å². The molecule has 182 valence electrons. The van der Waals surface area contributed by atoms with E-state index in [4.69, 9.17) is 26.9 Å². The Kier molecular flexibility index (Phi) is 6.38. The summed E-state index contributed by atoms with van der Waals surface area (Å²) in [5, 5.41) is 5.16. The van der Waals surface area contributed by atoms with Gasteiger partial charge in [0.25, 0.3) is 0 Å². The van der Waals surface area contributed by atoms with Crippen molar-refractivity contribution in [3.05, 3.63) is 89.7 Å². The van der Waals surface area contributed by atoms with Crippen LogP contribution < -0.4 is 18.9 Å². The predicted octanol–water partition coefficient (Wildman–Crippen LogP) is 5.22. The lowest BCUT2D eigenvalue weighted by Gasteiger charge is -2.17. The van der Waals surface area contributed by atoms with Crippen molar-refractivity contribution in [3.8, 4) is 11.8 Å². The van der Waals surface area contributed by atoms with Crippen LogP contribution >= 0.6 is 11.6 Å². The Hall–Kier alpha value is -3.71. The SMILES string of the molecule is Clc1c([N-]c2ccccc2)nc(-[n+]2ccc(N3CCCC3)cc2)nc1-[n+]1ccc(N2CCCC2)cc1. The van der Waals surface area contributed by atoms with E-state index in [9.17, 15) is 0 Å². The first-order valence-electron chi connectivity index (χ1n) is 12.6. The third kappa shape index (κ3) is 4.71. The fourth-order valence-corrected chi connectivity index (χ4v) is 5.11. The average molecular weight is 499 g/mol. The van der Waals surface area contributed by atoms with Crippen LogP contribution in [-0.4, -0.2) is 36.1 Å². The summed E-state index contributed by atoms with van der Waals surface area (Å²) in [6.45, 7) is 4.42. The normalized spacial score (nSPS) is 15.5. The Balaban J connectivity index is 1.38. The van der Waals surface area contributed by atoms with Crippen LogP contribution in [-0.2, 0) is 0 Å². The molecule has 0 atom stereocenters. The van der Waals surface area contributed by atoms with Crippen LogP contribution in [0, 0.1) is 0 Å². The van der Waals surface area contributed by atoms with Gasteiger partial charge in [-0.1, -0.05) is 46.9 Å². The molecule has 3 aromatic heterocycles. The molecule has 0 N–H and O–H groups in total. The zero-order valence-corrected chi connectivity index (χ0v) is 20.9. The van der Waals surface area contributed by atoms with Crippen LogP contribution in [0.5, 0.6) is 0 Å². The molecule has 0 radical (unpaired) electrons. The highest BCUT2D eigenvalue weighted by Gasteiger charge is 2.27. The highest BCUT2D eigenvalue weighted by Crippen LogP contribution is 2.35. The summed E-state index contributed by atoms with van der Waals surface area (Å²) in [4.78, 5) is 14.4. The molecule has 2 aliphatic rings. The molecular weight excluding hydrogens is 470 g/mol. The molecule has 0 saturated carbocycles. The first kappa shape index (κ1) is 22.7. The molecule has 8 heteroatoms. The molecule has 0 aliphatic carbocycles. The highest BCUT2D eigenvalue weighted by atomic mass is 35.5. The molecule has 7 nitrogen and oxygen atoms in total. The minimum Gasteiger partial charge on any atom is -0.400 e. The molecule has 0 unspecified atom stereocenters. The third-order valence-electron chi connectivity index (χ3n) is 6.84. The summed E-state index contributed by atoms with van der Waals surface area (Å²) in [5.74, 6) is 1.56. The predicted molar refractivity (Wildman–Crippen MR) is 142 cm³/mol. The first-order valence-corrected chi connectivity index (χ1v) is 13.0. The summed E-state index contributed by atoms with van der Waals surface area (Å²) in [6.07, 6.45) is 13.0. The van der Waals surface area contributed by atoms with Crippen LogP contribution in [0.25, 0.3) is 17.1 Å². The van der Waals surface area contributed by atoms with Gasteiger partial charge in [0.15, 0.2) is 10.8 Å². The molecule has 4 aromatic rings. The van der Waals surface area contributed by atoms with Gasteiger partial charge < -0.3 is 15.1 Å². The van der Waals surface area contributed by atoms with Gasteiger partial charge in [-0.3, -0.25) is 0 Å². The number of rotatable bonds is 6. The fourth-order valence-electron chi connectivity index (χ4n) is 4.88. The van der Waals surface area contributed by atoms with Crippen molar-refractivity contribution in [2.75, 3.05) is 36.0 Å². The lowest BCUT2D eigenvalue weighted by Crippen LogP contribution is -2.37. The van der Waals surface area contributed by atoms with E-state index in [1.54, 1.807) is 0 Å². The van der Waals surface area contributed by atoms with Gasteiger partial charge in [0.2, 0.25) is 0 Å². The van der Waals surface area contributed by atoms with Crippen LogP contribution in [0.4, 0.5) is 22.9 Å². The molecular formula is C28H29ClN7+. The van der Waals surface area contributed by atoms with Gasteiger partial charge in [-0.15, -0.1) is 0 Å². The van der Waals surface area contributed by atoms with Crippen molar-refractivity contribution in [2.24, 2.45) is 0 Å². The van der Waals surface area contributed by atoms with E-state index >= 15 is 0 Å². The zero-order chi connectivity index (χ0) is 24.3. The Morgan fingerprint density at radius 1 is 0.667 bits per heavy atom. The molecule has 1 aromatic carbocycles. The first-order chi connectivity index (χ1) is 17.7. The molecule has 36 heavy (non-hydrogen) atoms. The van der Waals surface area contributed by atoms with Crippen molar-refractivity contribution in [2.45, 2.75) is 25.7 Å². The Labute approximate surface area is 216 Å². The summed E-state index contributed by atoms with van der Waals surface area (Å²) >= 11 is 6.86. The topological polar surface area (TPSA) is 54.1 Å². The average Bonchev–Trinajstić information content (AvgIpc) is 3.66. The van der Waals surface area contributed by atoms with Crippen LogP contribution in [0.2, 0.25) is 5.02 Å². The van der Waals surface area contributed by atoms with Crippen molar-refractivity contribution < 1.29 is 9.13 Å². The minimum atomic E-state index is 0.413. The van der Waals surface area contributed by atoms with E-state index in [-0.39, 0.29) is 0 Å². The second-order valence-corrected chi connectivity index (χ2v) is 9.63. The summed E-state index contributed by atoms with van der Waals surface area (Å²) in [5.41, 5.74) is 3.23. The van der Waals surface area contributed by atoms with Crippen molar-refractivity contribution >= 4 is 34.5 Å². The zero-order valence-electron chi connectivity index (χ0n) is 20.2. The standard InChI is InChI=1S/C28H29ClN7/c29-25-26(30-22-8-2-1-3-9-22)31-28(36-20-12-24(13-21-36)34-16-6-7-17-34)32-27(25)35-18-10-23(11-19-35)33-14-4-5-15-33/h1-3,8-13,18-21H,4-7,14-17H2/q+1. The van der Waals surface area contributed by atoms with Crippen molar-refractivity contribution in [1.29, 1.82) is 0 Å². The Bertz CT molecular complexity index is 1310. The largest absolute Gasteiger partial charge is 0.477 e. The number of pyridine rings is 2. The second kappa shape index (κ2) is 10.1. The van der Waals surface area contributed by atoms with E-state index in [0.717, 1.165) is 31.9 Å². The fraction of sp³-hybridized carbons (Fsp3) is 0.286. The van der Waals surface area contributed by atoms with Crippen LogP contribution in [0.15, 0.2) is 79.4 Å². The lowest BCUT2D eigenvalue weighted by atomic mass is 10.3. The van der Waals surface area contributed by atoms with Crippen molar-refractivity contribution in [3.63, 3.8) is 0 Å². The summed E-state index contributed by atoms with van der Waals surface area (Å²) in [6, 6.07) is 18.2. The minimum absolute atomic E-state index is 0.413. The number of para-hydroxylation sites is 1. The van der Waals surface area contributed by atoms with E-state index in [0.29, 0.717) is 22.6 Å². The summed E-state index contributed by atoms with van der Waals surface area (Å²) in [7, 11) is 0. The molecule has 2 fully saturated rings. The molecule has 0 spiro atoms. The molecule has 2 aliphatic heterocycles. The van der Waals surface area contributed by atoms with Gasteiger partial charge in [0, 0.05) is 54.7 Å². The Morgan fingerprint density at radius 3 is 1.75 bits per heavy atom. The number of benzene rings is 1. The van der Waals surface area contributed by atoms with Gasteiger partial charge in [-0.25, -0.2) is 4.57 Å². The van der Waals surface area contributed by atoms with Crippen LogP contribution in [0.1, 0.15) is 25.7 Å². The van der Waals surface area contributed by atoms with E-state index in [2.05, 4.69) is 34.1 Å². The second-order valence-electron chi connectivity index (χ2n) is 9.25. The summed E-state index contributed by atoms with van der Waals surface area (Å²) < 4.78 is 3.86. The number of halogens is 1. The highest BCUT2D eigenvalue weighted by molar-refractivity contribution is 6.34. The number of anilines is 2. The van der Waals surface area contributed by atoms with Gasteiger partial charge in [-0.2, -0.15) is 4.57 Å². The quantitative estimate of drug-likeness (QED) is 0.342. The van der Waals surface area contributed by atoms with Crippen molar-refractivity contribution in [1.82, 2.24) is 9.97 Å². The van der Waals surface area contributed by atoms with Gasteiger partial charge in [0.1, 0.15) is 0 Å². The number of nitrogens with zero attached hydrogens (tertiary/aromatic N) is 7. The van der Waals surface area contributed by atoms with Gasteiger partial charge >= 0.3 is 11.8 Å². The third-order valence-corrected chi connectivity index (χ3v) is 7.18. The smallest absolute Gasteiger partial charge is 0.400 e. The molecule has 0 bridgehead atoms. The molecule has 5 heterocycles. The Morgan fingerprint density at radius 2 is 1.19 bits per heavy atom. The monoisotopic (exact) mass is 498 g/mol. The number of aromatic nitrogens is 4. The molecule has 2 saturated heterocycles. The molecule has 6 rings (SSSR count). The van der Waals surface area contributed by atoms with E-state index < -0.39 is 0 Å². The lowest BCUT2D eigenvalue weighted by molar-refractivity contribution is -0.614. The maximum Gasteiger partial charge on any atom is 0.477 e.